The second-order valence-electron chi connectivity index (χ2n) is 7.76. The number of furan rings is 1. The molecule has 122 valence electrons. The topological polar surface area (TPSA) is 62.5 Å². The van der Waals surface area contributed by atoms with Gasteiger partial charge >= 0.3 is 0 Å². The normalized spacial score (nSPS) is 24.8. The zero-order valence-electron chi connectivity index (χ0n) is 13.9. The molecule has 0 aliphatic heterocycles. The molecule has 0 radical (unpaired) electrons. The molecule has 1 heterocycles. The summed E-state index contributed by atoms with van der Waals surface area (Å²) < 4.78 is 5.87. The maximum absolute atomic E-state index is 12.5. The van der Waals surface area contributed by atoms with E-state index in [0.717, 1.165) is 36.1 Å². The number of nitrogens with one attached hydrogen (secondary N) is 1. The van der Waals surface area contributed by atoms with Crippen molar-refractivity contribution in [3.05, 3.63) is 22.6 Å². The van der Waals surface area contributed by atoms with Crippen molar-refractivity contribution < 1.29 is 14.3 Å². The van der Waals surface area contributed by atoms with Gasteiger partial charge in [0.15, 0.2) is 5.76 Å². The average molecular weight is 305 g/mol. The number of hydrogen-bond acceptors (Lipinski definition) is 3. The largest absolute Gasteiger partial charge is 0.455 e. The first-order valence-corrected chi connectivity index (χ1v) is 8.48. The lowest BCUT2D eigenvalue weighted by Crippen LogP contribution is -2.36. The highest BCUT2D eigenvalue weighted by atomic mass is 16.4. The van der Waals surface area contributed by atoms with Gasteiger partial charge in [-0.1, -0.05) is 33.1 Å². The van der Waals surface area contributed by atoms with Crippen LogP contribution in [0.5, 0.6) is 0 Å². The Kier molecular flexibility index (Phi) is 4.06. The van der Waals surface area contributed by atoms with Crippen LogP contribution in [0.2, 0.25) is 0 Å². The van der Waals surface area contributed by atoms with Crippen molar-refractivity contribution in [1.82, 2.24) is 5.32 Å². The Labute approximate surface area is 132 Å². The van der Waals surface area contributed by atoms with E-state index < -0.39 is 6.10 Å². The number of hydrogen-bond donors (Lipinski definition) is 2. The maximum atomic E-state index is 12.5. The first kappa shape index (κ1) is 15.6. The molecule has 2 N–H and O–H groups in total. The van der Waals surface area contributed by atoms with Crippen LogP contribution in [0.3, 0.4) is 0 Å². The molecule has 1 unspecified atom stereocenters. The van der Waals surface area contributed by atoms with Crippen LogP contribution in [0, 0.1) is 12.3 Å². The van der Waals surface area contributed by atoms with Gasteiger partial charge in [-0.15, -0.1) is 0 Å². The van der Waals surface area contributed by atoms with E-state index in [-0.39, 0.29) is 17.4 Å². The molecule has 0 spiro atoms. The number of fused-ring (bicyclic) bond motifs is 1. The van der Waals surface area contributed by atoms with Gasteiger partial charge in [-0.3, -0.25) is 4.79 Å². The van der Waals surface area contributed by atoms with Crippen molar-refractivity contribution in [3.63, 3.8) is 0 Å². The molecule has 3 rings (SSSR count). The Morgan fingerprint density at radius 3 is 2.64 bits per heavy atom. The van der Waals surface area contributed by atoms with E-state index in [0.29, 0.717) is 12.2 Å². The molecule has 0 saturated heterocycles. The molecular formula is C18H27NO3. The molecule has 0 aromatic carbocycles. The van der Waals surface area contributed by atoms with Crippen molar-refractivity contribution in [2.24, 2.45) is 5.41 Å². The van der Waals surface area contributed by atoms with Crippen molar-refractivity contribution in [2.45, 2.75) is 77.9 Å². The fourth-order valence-corrected chi connectivity index (χ4v) is 4.00. The molecule has 1 amide bonds. The Morgan fingerprint density at radius 2 is 1.95 bits per heavy atom. The predicted molar refractivity (Wildman–Crippen MR) is 84.8 cm³/mol. The molecule has 1 aromatic rings. The fourth-order valence-electron chi connectivity index (χ4n) is 4.00. The number of amides is 1. The molecule has 2 aliphatic carbocycles. The highest BCUT2D eigenvalue weighted by Crippen LogP contribution is 2.43. The Hall–Kier alpha value is -1.29. The van der Waals surface area contributed by atoms with Crippen molar-refractivity contribution in [1.29, 1.82) is 0 Å². The predicted octanol–water partition coefficient (Wildman–Crippen LogP) is 3.66. The van der Waals surface area contributed by atoms with E-state index in [9.17, 15) is 9.90 Å². The summed E-state index contributed by atoms with van der Waals surface area (Å²) in [5.74, 6) is 1.06. The summed E-state index contributed by atoms with van der Waals surface area (Å²) in [6.07, 6.45) is 6.71. The van der Waals surface area contributed by atoms with Crippen LogP contribution in [-0.2, 0) is 6.42 Å². The zero-order chi connectivity index (χ0) is 15.9. The standard InChI is InChI=1S/C18H27NO3/c1-11-15-13(20)9-18(2,3)10-14(15)22-16(11)17(21)19-12-7-5-4-6-8-12/h12-13,20H,4-10H2,1-3H3,(H,19,21). The second-order valence-corrected chi connectivity index (χ2v) is 7.76. The second kappa shape index (κ2) is 5.73. The van der Waals surface area contributed by atoms with Gasteiger partial charge in [-0.2, -0.15) is 0 Å². The summed E-state index contributed by atoms with van der Waals surface area (Å²) in [6, 6.07) is 0.268. The van der Waals surface area contributed by atoms with Crippen LogP contribution in [0.4, 0.5) is 0 Å². The van der Waals surface area contributed by atoms with Gasteiger partial charge in [0.25, 0.3) is 5.91 Å². The van der Waals surface area contributed by atoms with Gasteiger partial charge in [0.05, 0.1) is 6.10 Å². The minimum absolute atomic E-state index is 0.00776. The fraction of sp³-hybridized carbons (Fsp3) is 0.722. The highest BCUT2D eigenvalue weighted by Gasteiger charge is 2.37. The minimum Gasteiger partial charge on any atom is -0.455 e. The van der Waals surface area contributed by atoms with Gasteiger partial charge < -0.3 is 14.8 Å². The summed E-state index contributed by atoms with van der Waals surface area (Å²) in [5, 5.41) is 13.5. The maximum Gasteiger partial charge on any atom is 0.287 e. The van der Waals surface area contributed by atoms with E-state index in [4.69, 9.17) is 4.42 Å². The van der Waals surface area contributed by atoms with Crippen molar-refractivity contribution in [2.75, 3.05) is 0 Å². The molecule has 4 nitrogen and oxygen atoms in total. The Balaban J connectivity index is 1.81. The number of aliphatic hydroxyl groups excluding tert-OH is 1. The third-order valence-corrected chi connectivity index (χ3v) is 5.14. The SMILES string of the molecule is Cc1c(C(=O)NC2CCCCC2)oc2c1C(O)CC(C)(C)C2. The molecule has 1 saturated carbocycles. The summed E-state index contributed by atoms with van der Waals surface area (Å²) in [6.45, 7) is 6.14. The molecule has 1 atom stereocenters. The molecule has 2 aliphatic rings. The van der Waals surface area contributed by atoms with Gasteiger partial charge in [0.2, 0.25) is 0 Å². The molecular weight excluding hydrogens is 278 g/mol. The summed E-state index contributed by atoms with van der Waals surface area (Å²) in [7, 11) is 0. The summed E-state index contributed by atoms with van der Waals surface area (Å²) >= 11 is 0. The lowest BCUT2D eigenvalue weighted by Gasteiger charge is -2.31. The van der Waals surface area contributed by atoms with Crippen LogP contribution in [0.25, 0.3) is 0 Å². The van der Waals surface area contributed by atoms with Crippen LogP contribution in [-0.4, -0.2) is 17.1 Å². The van der Waals surface area contributed by atoms with E-state index in [1.807, 2.05) is 6.92 Å². The van der Waals surface area contributed by atoms with Gasteiger partial charge in [-0.25, -0.2) is 0 Å². The number of rotatable bonds is 2. The molecule has 22 heavy (non-hydrogen) atoms. The van der Waals surface area contributed by atoms with Crippen molar-refractivity contribution >= 4 is 5.91 Å². The lowest BCUT2D eigenvalue weighted by molar-refractivity contribution is 0.0868. The van der Waals surface area contributed by atoms with Gasteiger partial charge in [-0.05, 0) is 31.6 Å². The highest BCUT2D eigenvalue weighted by molar-refractivity contribution is 5.93. The first-order valence-electron chi connectivity index (χ1n) is 8.48. The summed E-state index contributed by atoms with van der Waals surface area (Å²) in [4.78, 5) is 12.5. The van der Waals surface area contributed by atoms with Crippen molar-refractivity contribution in [3.8, 4) is 0 Å². The Bertz CT molecular complexity index is 567. The first-order chi connectivity index (χ1) is 10.4. The number of carbonyl (C=O) groups excluding carboxylic acids is 1. The van der Waals surface area contributed by atoms with Crippen LogP contribution >= 0.6 is 0 Å². The summed E-state index contributed by atoms with van der Waals surface area (Å²) in [5.41, 5.74) is 1.66. The van der Waals surface area contributed by atoms with E-state index in [1.54, 1.807) is 0 Å². The van der Waals surface area contributed by atoms with Gasteiger partial charge in [0, 0.05) is 23.6 Å². The average Bonchev–Trinajstić information content (AvgIpc) is 2.75. The number of carbonyl (C=O) groups is 1. The minimum atomic E-state index is -0.529. The van der Waals surface area contributed by atoms with Crippen LogP contribution < -0.4 is 5.32 Å². The third kappa shape index (κ3) is 2.94. The van der Waals surface area contributed by atoms with E-state index in [1.165, 1.54) is 19.3 Å². The quantitative estimate of drug-likeness (QED) is 0.876. The Morgan fingerprint density at radius 1 is 1.27 bits per heavy atom. The lowest BCUT2D eigenvalue weighted by atomic mass is 9.75. The number of aliphatic hydroxyl groups is 1. The van der Waals surface area contributed by atoms with E-state index >= 15 is 0 Å². The molecule has 4 heteroatoms. The van der Waals surface area contributed by atoms with Gasteiger partial charge in [0.1, 0.15) is 5.76 Å². The van der Waals surface area contributed by atoms with Crippen LogP contribution in [0.15, 0.2) is 4.42 Å². The molecule has 0 bridgehead atoms. The van der Waals surface area contributed by atoms with Crippen LogP contribution in [0.1, 0.15) is 85.9 Å². The molecule has 1 fully saturated rings. The smallest absolute Gasteiger partial charge is 0.287 e. The monoisotopic (exact) mass is 305 g/mol. The molecule has 1 aromatic heterocycles. The van der Waals surface area contributed by atoms with E-state index in [2.05, 4.69) is 19.2 Å². The third-order valence-electron chi connectivity index (χ3n) is 5.14. The zero-order valence-corrected chi connectivity index (χ0v) is 13.9.